The molecule has 0 amide bonds. The van der Waals surface area contributed by atoms with E-state index in [4.69, 9.17) is 0 Å². The van der Waals surface area contributed by atoms with Gasteiger partial charge in [0.15, 0.2) is 8.32 Å². The van der Waals surface area contributed by atoms with Gasteiger partial charge in [0, 0.05) is 4.88 Å². The molecule has 0 aliphatic heterocycles. The van der Waals surface area contributed by atoms with Crippen molar-refractivity contribution in [2.45, 2.75) is 51.7 Å². The second kappa shape index (κ2) is 6.75. The van der Waals surface area contributed by atoms with E-state index in [0.29, 0.717) is 0 Å². The van der Waals surface area contributed by atoms with E-state index in [2.05, 4.69) is 73.7 Å². The Kier molecular flexibility index (Phi) is 5.57. The molecule has 0 fully saturated rings. The standard InChI is InChI=1S/C18H25IOSSi/c1-13-16(11-17(19)21-13)10-14-6-8-15(9-7-14)12-18(2,3)22(4,5)20/h6-9,11,20H,10,12H2,1-5H3. The van der Waals surface area contributed by atoms with Crippen LogP contribution in [0.5, 0.6) is 0 Å². The summed E-state index contributed by atoms with van der Waals surface area (Å²) in [5.41, 5.74) is 4.12. The summed E-state index contributed by atoms with van der Waals surface area (Å²) in [5, 5.41) is -0.00538. The highest BCUT2D eigenvalue weighted by molar-refractivity contribution is 14.1. The molecule has 1 aromatic heterocycles. The molecule has 0 spiro atoms. The molecule has 1 N–H and O–H groups in total. The summed E-state index contributed by atoms with van der Waals surface area (Å²) in [6.07, 6.45) is 1.95. The van der Waals surface area contributed by atoms with Crippen molar-refractivity contribution in [3.05, 3.63) is 54.8 Å². The molecule has 0 atom stereocenters. The molecule has 1 aromatic carbocycles. The third kappa shape index (κ3) is 4.43. The zero-order valence-corrected chi connectivity index (χ0v) is 18.0. The van der Waals surface area contributed by atoms with Crippen molar-refractivity contribution in [3.63, 3.8) is 0 Å². The number of rotatable bonds is 5. The summed E-state index contributed by atoms with van der Waals surface area (Å²) >= 11 is 4.26. The molecule has 0 saturated heterocycles. The first-order valence-corrected chi connectivity index (χ1v) is 12.5. The molecule has 1 nitrogen and oxygen atoms in total. The predicted molar refractivity (Wildman–Crippen MR) is 108 cm³/mol. The molecule has 120 valence electrons. The van der Waals surface area contributed by atoms with Crippen LogP contribution in [0.4, 0.5) is 0 Å². The predicted octanol–water partition coefficient (Wildman–Crippen LogP) is 5.77. The van der Waals surface area contributed by atoms with Gasteiger partial charge in [-0.15, -0.1) is 11.3 Å². The molecule has 0 aliphatic rings. The van der Waals surface area contributed by atoms with E-state index in [1.807, 2.05) is 24.4 Å². The quantitative estimate of drug-likeness (QED) is 0.459. The molecule has 4 heteroatoms. The first-order chi connectivity index (χ1) is 10.1. The fourth-order valence-corrected chi connectivity index (χ4v) is 5.14. The maximum absolute atomic E-state index is 10.4. The molecule has 2 rings (SSSR count). The van der Waals surface area contributed by atoms with Crippen molar-refractivity contribution < 1.29 is 4.80 Å². The molecule has 0 radical (unpaired) electrons. The van der Waals surface area contributed by atoms with E-state index >= 15 is 0 Å². The summed E-state index contributed by atoms with van der Waals surface area (Å²) in [5.74, 6) is 0. The summed E-state index contributed by atoms with van der Waals surface area (Å²) in [6, 6.07) is 11.2. The molecule has 0 bridgehead atoms. The topological polar surface area (TPSA) is 20.2 Å². The Balaban J connectivity index is 2.09. The fourth-order valence-electron chi connectivity index (χ4n) is 2.38. The average molecular weight is 444 g/mol. The van der Waals surface area contributed by atoms with Gasteiger partial charge in [0.25, 0.3) is 0 Å². The Morgan fingerprint density at radius 3 is 2.14 bits per heavy atom. The number of benzene rings is 1. The molecule has 0 aliphatic carbocycles. The summed E-state index contributed by atoms with van der Waals surface area (Å²) in [6.45, 7) is 10.6. The van der Waals surface area contributed by atoms with Crippen LogP contribution in [-0.2, 0) is 12.8 Å². The molecular weight excluding hydrogens is 419 g/mol. The van der Waals surface area contributed by atoms with Gasteiger partial charge in [0.2, 0.25) is 0 Å². The third-order valence-electron chi connectivity index (χ3n) is 4.71. The van der Waals surface area contributed by atoms with Crippen LogP contribution in [0.2, 0.25) is 18.1 Å². The minimum Gasteiger partial charge on any atom is -0.432 e. The van der Waals surface area contributed by atoms with Crippen molar-refractivity contribution in [3.8, 4) is 0 Å². The van der Waals surface area contributed by atoms with Gasteiger partial charge in [-0.25, -0.2) is 0 Å². The minimum absolute atomic E-state index is 0.00538. The second-order valence-electron chi connectivity index (χ2n) is 7.24. The van der Waals surface area contributed by atoms with Gasteiger partial charge in [-0.3, -0.25) is 0 Å². The Hall–Kier alpha value is -0.173. The second-order valence-corrected chi connectivity index (χ2v) is 14.9. The number of halogens is 1. The number of hydrogen-bond donors (Lipinski definition) is 1. The molecule has 0 saturated carbocycles. The van der Waals surface area contributed by atoms with Crippen LogP contribution in [-0.4, -0.2) is 13.1 Å². The van der Waals surface area contributed by atoms with E-state index in [9.17, 15) is 4.80 Å². The Labute approximate surface area is 153 Å². The number of hydrogen-bond acceptors (Lipinski definition) is 2. The van der Waals surface area contributed by atoms with Gasteiger partial charge >= 0.3 is 0 Å². The van der Waals surface area contributed by atoms with Gasteiger partial charge in [-0.05, 0) is 83.2 Å². The van der Waals surface area contributed by atoms with Crippen LogP contribution in [0.25, 0.3) is 0 Å². The van der Waals surface area contributed by atoms with Crippen molar-refractivity contribution >= 4 is 42.2 Å². The fraction of sp³-hybridized carbons (Fsp3) is 0.444. The van der Waals surface area contributed by atoms with Crippen LogP contribution >= 0.6 is 33.9 Å². The van der Waals surface area contributed by atoms with Crippen LogP contribution in [0, 0.1) is 9.81 Å². The Bertz CT molecular complexity index is 638. The summed E-state index contributed by atoms with van der Waals surface area (Å²) in [7, 11) is -2.15. The highest BCUT2D eigenvalue weighted by Crippen LogP contribution is 2.38. The van der Waals surface area contributed by atoms with Crippen LogP contribution < -0.4 is 0 Å². The zero-order valence-electron chi connectivity index (χ0n) is 14.0. The SMILES string of the molecule is Cc1sc(I)cc1Cc1ccc(CC(C)(C)[Si](C)(C)O)cc1. The lowest BCUT2D eigenvalue weighted by atomic mass is 9.99. The molecule has 2 aromatic rings. The zero-order chi connectivity index (χ0) is 16.5. The van der Waals surface area contributed by atoms with Crippen LogP contribution in [0.3, 0.4) is 0 Å². The van der Waals surface area contributed by atoms with Crippen LogP contribution in [0.1, 0.15) is 35.4 Å². The first kappa shape index (κ1) is 18.2. The van der Waals surface area contributed by atoms with Crippen molar-refractivity contribution in [2.75, 3.05) is 0 Å². The normalized spacial score (nSPS) is 12.7. The minimum atomic E-state index is -2.15. The number of aryl methyl sites for hydroxylation is 1. The Morgan fingerprint density at radius 2 is 1.68 bits per heavy atom. The molecule has 0 unspecified atom stereocenters. The lowest BCUT2D eigenvalue weighted by Gasteiger charge is -2.35. The van der Waals surface area contributed by atoms with E-state index in [1.165, 1.54) is 24.5 Å². The van der Waals surface area contributed by atoms with E-state index < -0.39 is 8.32 Å². The van der Waals surface area contributed by atoms with E-state index in [0.717, 1.165) is 12.8 Å². The Morgan fingerprint density at radius 1 is 1.14 bits per heavy atom. The maximum Gasteiger partial charge on any atom is 0.188 e. The molecule has 1 heterocycles. The molecular formula is C18H25IOSSi. The van der Waals surface area contributed by atoms with Gasteiger partial charge in [-0.1, -0.05) is 38.1 Å². The first-order valence-electron chi connectivity index (χ1n) is 7.63. The van der Waals surface area contributed by atoms with E-state index in [1.54, 1.807) is 0 Å². The number of thiophene rings is 1. The van der Waals surface area contributed by atoms with Crippen molar-refractivity contribution in [1.29, 1.82) is 0 Å². The smallest absolute Gasteiger partial charge is 0.188 e. The van der Waals surface area contributed by atoms with Crippen molar-refractivity contribution in [1.82, 2.24) is 0 Å². The highest BCUT2D eigenvalue weighted by Gasteiger charge is 2.37. The third-order valence-corrected chi connectivity index (χ3v) is 10.1. The van der Waals surface area contributed by atoms with Gasteiger partial charge < -0.3 is 4.80 Å². The van der Waals surface area contributed by atoms with Gasteiger partial charge in [0.05, 0.1) is 2.88 Å². The van der Waals surface area contributed by atoms with Gasteiger partial charge in [-0.2, -0.15) is 0 Å². The largest absolute Gasteiger partial charge is 0.432 e. The lowest BCUT2D eigenvalue weighted by molar-refractivity contribution is 0.467. The average Bonchev–Trinajstić information content (AvgIpc) is 2.68. The lowest BCUT2D eigenvalue weighted by Crippen LogP contribution is -2.40. The molecule has 22 heavy (non-hydrogen) atoms. The maximum atomic E-state index is 10.4. The monoisotopic (exact) mass is 444 g/mol. The summed E-state index contributed by atoms with van der Waals surface area (Å²) in [4.78, 5) is 11.8. The van der Waals surface area contributed by atoms with Crippen molar-refractivity contribution in [2.24, 2.45) is 0 Å². The highest BCUT2D eigenvalue weighted by atomic mass is 127. The van der Waals surface area contributed by atoms with E-state index in [-0.39, 0.29) is 5.04 Å². The van der Waals surface area contributed by atoms with Gasteiger partial charge in [0.1, 0.15) is 0 Å². The summed E-state index contributed by atoms with van der Waals surface area (Å²) < 4.78 is 1.36. The van der Waals surface area contributed by atoms with Crippen LogP contribution in [0.15, 0.2) is 30.3 Å².